The molecule has 1 heterocycles. The quantitative estimate of drug-likeness (QED) is 0.626. The number of piperidine rings is 1. The number of benzene rings is 2. The Labute approximate surface area is 196 Å². The summed E-state index contributed by atoms with van der Waals surface area (Å²) < 4.78 is 27.4. The van der Waals surface area contributed by atoms with Crippen molar-refractivity contribution < 1.29 is 13.2 Å². The number of rotatable bonds is 6. The lowest BCUT2D eigenvalue weighted by molar-refractivity contribution is -0.126. The van der Waals surface area contributed by atoms with Crippen LogP contribution in [0.15, 0.2) is 52.3 Å². The molecule has 5 nitrogen and oxygen atoms in total. The van der Waals surface area contributed by atoms with Crippen molar-refractivity contribution in [3.05, 3.63) is 59.2 Å². The Balaban J connectivity index is 1.34. The van der Waals surface area contributed by atoms with Crippen molar-refractivity contribution in [2.45, 2.75) is 61.3 Å². The van der Waals surface area contributed by atoms with Crippen LogP contribution in [0.25, 0.3) is 0 Å². The topological polar surface area (TPSA) is 66.5 Å². The fraction of sp³-hybridized carbons (Fsp3) is 0.480. The van der Waals surface area contributed by atoms with Crippen LogP contribution in [-0.4, -0.2) is 38.0 Å². The molecule has 7 heteroatoms. The Bertz CT molecular complexity index is 1060. The molecular formula is C25H32N2O3S2. The number of hydrogen-bond acceptors (Lipinski definition) is 4. The number of fused-ring (bicyclic) bond motifs is 1. The minimum atomic E-state index is -3.52. The number of nitrogens with zero attached hydrogens (tertiary/aromatic N) is 1. The summed E-state index contributed by atoms with van der Waals surface area (Å²) in [6.07, 6.45) is 7.83. The summed E-state index contributed by atoms with van der Waals surface area (Å²) in [5.74, 6) is -0.128. The average molecular weight is 473 g/mol. The molecule has 32 heavy (non-hydrogen) atoms. The van der Waals surface area contributed by atoms with Crippen LogP contribution in [0.4, 0.5) is 0 Å². The SMILES string of the molecule is CSc1ccc(S(=O)(=O)N2CCC(C(=O)NC(C)c3ccc4c(c3)CCCC4)CC2)cc1. The summed E-state index contributed by atoms with van der Waals surface area (Å²) in [6.45, 7) is 2.77. The van der Waals surface area contributed by atoms with Gasteiger partial charge in [-0.3, -0.25) is 4.79 Å². The number of amides is 1. The summed E-state index contributed by atoms with van der Waals surface area (Å²) in [4.78, 5) is 14.2. The van der Waals surface area contributed by atoms with Gasteiger partial charge in [-0.2, -0.15) is 4.31 Å². The first kappa shape index (κ1) is 23.3. The van der Waals surface area contributed by atoms with Crippen molar-refractivity contribution in [3.63, 3.8) is 0 Å². The van der Waals surface area contributed by atoms with Crippen LogP contribution >= 0.6 is 11.8 Å². The minimum Gasteiger partial charge on any atom is -0.349 e. The van der Waals surface area contributed by atoms with E-state index >= 15 is 0 Å². The van der Waals surface area contributed by atoms with Gasteiger partial charge in [0, 0.05) is 23.9 Å². The number of carbonyl (C=O) groups excluding carboxylic acids is 1. The van der Waals surface area contributed by atoms with Crippen molar-refractivity contribution in [1.29, 1.82) is 0 Å². The van der Waals surface area contributed by atoms with E-state index in [0.29, 0.717) is 30.8 Å². The van der Waals surface area contributed by atoms with Gasteiger partial charge in [0.05, 0.1) is 10.9 Å². The molecule has 0 aromatic heterocycles. The van der Waals surface area contributed by atoms with Gasteiger partial charge in [0.25, 0.3) is 0 Å². The highest BCUT2D eigenvalue weighted by atomic mass is 32.2. The maximum absolute atomic E-state index is 13.0. The lowest BCUT2D eigenvalue weighted by atomic mass is 9.89. The van der Waals surface area contributed by atoms with Crippen LogP contribution in [0.5, 0.6) is 0 Å². The zero-order chi connectivity index (χ0) is 22.7. The van der Waals surface area contributed by atoms with Crippen molar-refractivity contribution in [2.75, 3.05) is 19.3 Å². The summed E-state index contributed by atoms with van der Waals surface area (Å²) in [7, 11) is -3.52. The molecule has 1 atom stereocenters. The van der Waals surface area contributed by atoms with Gasteiger partial charge in [-0.25, -0.2) is 8.42 Å². The molecule has 1 aliphatic heterocycles. The Hall–Kier alpha value is -1.83. The van der Waals surface area contributed by atoms with Crippen LogP contribution < -0.4 is 5.32 Å². The summed E-state index contributed by atoms with van der Waals surface area (Å²) in [5.41, 5.74) is 4.00. The number of hydrogen-bond donors (Lipinski definition) is 1. The molecule has 0 bridgehead atoms. The number of aryl methyl sites for hydroxylation is 2. The predicted molar refractivity (Wildman–Crippen MR) is 129 cm³/mol. The molecule has 2 aromatic carbocycles. The molecule has 2 aromatic rings. The van der Waals surface area contributed by atoms with Crippen LogP contribution in [-0.2, 0) is 27.7 Å². The van der Waals surface area contributed by atoms with Gasteiger partial charge < -0.3 is 5.32 Å². The van der Waals surface area contributed by atoms with Gasteiger partial charge >= 0.3 is 0 Å². The third-order valence-corrected chi connectivity index (χ3v) is 9.41. The van der Waals surface area contributed by atoms with Crippen LogP contribution in [0.1, 0.15) is 55.3 Å². The van der Waals surface area contributed by atoms with Gasteiger partial charge in [0.15, 0.2) is 0 Å². The zero-order valence-corrected chi connectivity index (χ0v) is 20.5. The highest BCUT2D eigenvalue weighted by Crippen LogP contribution is 2.27. The number of sulfonamides is 1. The lowest BCUT2D eigenvalue weighted by Gasteiger charge is -2.31. The number of nitrogens with one attached hydrogen (secondary N) is 1. The number of thioether (sulfide) groups is 1. The predicted octanol–water partition coefficient (Wildman–Crippen LogP) is 4.57. The Kier molecular flexibility index (Phi) is 7.27. The standard InChI is InChI=1S/C25H32N2O3S2/c1-18(21-8-7-19-5-3-4-6-22(19)17-21)26-25(28)20-13-15-27(16-14-20)32(29,30)24-11-9-23(31-2)10-12-24/h7-12,17-18,20H,3-6,13-16H2,1-2H3,(H,26,28). The van der Waals surface area contributed by atoms with E-state index in [0.717, 1.165) is 23.3 Å². The molecule has 1 N–H and O–H groups in total. The largest absolute Gasteiger partial charge is 0.349 e. The van der Waals surface area contributed by atoms with Crippen molar-refractivity contribution in [1.82, 2.24) is 9.62 Å². The van der Waals surface area contributed by atoms with Gasteiger partial charge in [0.2, 0.25) is 15.9 Å². The first-order chi connectivity index (χ1) is 15.4. The fourth-order valence-electron chi connectivity index (χ4n) is 4.69. The van der Waals surface area contributed by atoms with E-state index < -0.39 is 10.0 Å². The summed E-state index contributed by atoms with van der Waals surface area (Å²) >= 11 is 1.58. The normalized spacial score (nSPS) is 18.7. The highest BCUT2D eigenvalue weighted by Gasteiger charge is 2.32. The van der Waals surface area contributed by atoms with E-state index in [1.54, 1.807) is 23.9 Å². The molecule has 1 fully saturated rings. The Morgan fingerprint density at radius 3 is 2.34 bits per heavy atom. The monoisotopic (exact) mass is 472 g/mol. The molecule has 4 rings (SSSR count). The van der Waals surface area contributed by atoms with Gasteiger partial charge in [-0.1, -0.05) is 18.2 Å². The highest BCUT2D eigenvalue weighted by molar-refractivity contribution is 7.98. The third-order valence-electron chi connectivity index (χ3n) is 6.75. The second-order valence-electron chi connectivity index (χ2n) is 8.82. The molecule has 2 aliphatic rings. The Morgan fingerprint density at radius 1 is 1.03 bits per heavy atom. The molecule has 172 valence electrons. The first-order valence-electron chi connectivity index (χ1n) is 11.4. The minimum absolute atomic E-state index is 0.0246. The van der Waals surface area contributed by atoms with Crippen molar-refractivity contribution >= 4 is 27.7 Å². The van der Waals surface area contributed by atoms with E-state index in [1.165, 1.54) is 28.3 Å². The van der Waals surface area contributed by atoms with E-state index in [1.807, 2.05) is 25.3 Å². The summed E-state index contributed by atoms with van der Waals surface area (Å²) in [5, 5.41) is 3.16. The van der Waals surface area contributed by atoms with E-state index in [2.05, 4.69) is 23.5 Å². The molecule has 0 radical (unpaired) electrons. The van der Waals surface area contributed by atoms with Gasteiger partial charge in [-0.15, -0.1) is 11.8 Å². The van der Waals surface area contributed by atoms with E-state index in [9.17, 15) is 13.2 Å². The second-order valence-corrected chi connectivity index (χ2v) is 11.6. The third kappa shape index (κ3) is 5.05. The van der Waals surface area contributed by atoms with Crippen LogP contribution in [0, 0.1) is 5.92 Å². The molecule has 0 saturated carbocycles. The smallest absolute Gasteiger partial charge is 0.243 e. The maximum Gasteiger partial charge on any atom is 0.243 e. The zero-order valence-electron chi connectivity index (χ0n) is 18.8. The maximum atomic E-state index is 13.0. The van der Waals surface area contributed by atoms with E-state index in [-0.39, 0.29) is 17.9 Å². The van der Waals surface area contributed by atoms with Crippen molar-refractivity contribution in [3.8, 4) is 0 Å². The average Bonchev–Trinajstić information content (AvgIpc) is 2.83. The molecule has 1 amide bonds. The number of carbonyl (C=O) groups is 1. The molecule has 0 spiro atoms. The van der Waals surface area contributed by atoms with Crippen LogP contribution in [0.3, 0.4) is 0 Å². The molecular weight excluding hydrogens is 440 g/mol. The van der Waals surface area contributed by atoms with Gasteiger partial charge in [0.1, 0.15) is 0 Å². The molecule has 1 aliphatic carbocycles. The summed E-state index contributed by atoms with van der Waals surface area (Å²) in [6, 6.07) is 13.5. The van der Waals surface area contributed by atoms with Gasteiger partial charge in [-0.05, 0) is 92.7 Å². The van der Waals surface area contributed by atoms with E-state index in [4.69, 9.17) is 0 Å². The lowest BCUT2D eigenvalue weighted by Crippen LogP contribution is -2.43. The van der Waals surface area contributed by atoms with Crippen LogP contribution in [0.2, 0.25) is 0 Å². The fourth-order valence-corrected chi connectivity index (χ4v) is 6.57. The Morgan fingerprint density at radius 2 is 1.69 bits per heavy atom. The first-order valence-corrected chi connectivity index (χ1v) is 14.1. The molecule has 1 saturated heterocycles. The van der Waals surface area contributed by atoms with Crippen molar-refractivity contribution in [2.24, 2.45) is 5.92 Å². The molecule has 1 unspecified atom stereocenters. The second kappa shape index (κ2) is 9.98.